The van der Waals surface area contributed by atoms with Crippen LogP contribution in [0.5, 0.6) is 0 Å². The lowest BCUT2D eigenvalue weighted by Gasteiger charge is -2.44. The molecule has 1 N–H and O–H groups in total. The van der Waals surface area contributed by atoms with E-state index < -0.39 is 5.60 Å². The Morgan fingerprint density at radius 3 is 2.64 bits per heavy atom. The minimum Gasteiger partial charge on any atom is -0.389 e. The van der Waals surface area contributed by atoms with Gasteiger partial charge in [-0.05, 0) is 68.9 Å². The number of benzene rings is 1. The van der Waals surface area contributed by atoms with E-state index in [9.17, 15) is 9.90 Å². The Morgan fingerprint density at radius 1 is 1.10 bits per heavy atom. The molecule has 1 aliphatic carbocycles. The summed E-state index contributed by atoms with van der Waals surface area (Å²) >= 11 is 0. The molecule has 0 spiro atoms. The van der Waals surface area contributed by atoms with Gasteiger partial charge >= 0.3 is 0 Å². The summed E-state index contributed by atoms with van der Waals surface area (Å²) in [4.78, 5) is 24.9. The summed E-state index contributed by atoms with van der Waals surface area (Å²) in [5.41, 5.74) is 3.52. The summed E-state index contributed by atoms with van der Waals surface area (Å²) in [6.45, 7) is 7.89. The average Bonchev–Trinajstić information content (AvgIpc) is 3.32. The van der Waals surface area contributed by atoms with E-state index in [1.165, 1.54) is 19.3 Å². The number of morpholine rings is 1. The molecule has 3 aromatic heterocycles. The van der Waals surface area contributed by atoms with Crippen molar-refractivity contribution in [1.29, 1.82) is 0 Å². The molecule has 0 amide bonds. The van der Waals surface area contributed by atoms with Crippen LogP contribution >= 0.6 is 0 Å². The van der Waals surface area contributed by atoms with Crippen LogP contribution in [0.15, 0.2) is 47.7 Å². The molecule has 2 fully saturated rings. The van der Waals surface area contributed by atoms with Gasteiger partial charge in [0.15, 0.2) is 5.82 Å². The first kappa shape index (κ1) is 25.7. The highest BCUT2D eigenvalue weighted by molar-refractivity contribution is 5.94. The van der Waals surface area contributed by atoms with Gasteiger partial charge in [-0.1, -0.05) is 12.5 Å². The van der Waals surface area contributed by atoms with E-state index in [-0.39, 0.29) is 11.6 Å². The van der Waals surface area contributed by atoms with Crippen LogP contribution in [0.25, 0.3) is 33.4 Å². The predicted molar refractivity (Wildman–Crippen MR) is 152 cm³/mol. The van der Waals surface area contributed by atoms with Gasteiger partial charge in [0.25, 0.3) is 5.56 Å². The highest BCUT2D eigenvalue weighted by Crippen LogP contribution is 2.38. The fraction of sp³-hybridized carbons (Fsp3) is 0.467. The zero-order valence-corrected chi connectivity index (χ0v) is 23.1. The standard InChI is InChI=1S/C30H36N6O3/c1-19-12-22(15-34(4)29(19)37)21-8-9-25-24(13-21)28(36-10-11-39-17-26(36)20-6-5-7-20)33-27(32-25)23-14-31-35(16-23)18-30(2,3)38/h8-9,12-16,20,26,38H,5-7,10-11,17-18H2,1-4H3. The van der Waals surface area contributed by atoms with Crippen LogP contribution in [0.3, 0.4) is 0 Å². The lowest BCUT2D eigenvalue weighted by Crippen LogP contribution is -2.51. The second kappa shape index (κ2) is 9.88. The fourth-order valence-corrected chi connectivity index (χ4v) is 5.74. The number of anilines is 1. The molecule has 1 saturated heterocycles. The van der Waals surface area contributed by atoms with Gasteiger partial charge < -0.3 is 19.3 Å². The summed E-state index contributed by atoms with van der Waals surface area (Å²) in [5.74, 6) is 2.13. The van der Waals surface area contributed by atoms with Crippen molar-refractivity contribution in [3.63, 3.8) is 0 Å². The van der Waals surface area contributed by atoms with E-state index in [0.29, 0.717) is 37.1 Å². The molecule has 4 heterocycles. The Hall–Kier alpha value is -3.56. The minimum absolute atomic E-state index is 0.00925. The third kappa shape index (κ3) is 5.08. The Morgan fingerprint density at radius 2 is 1.92 bits per heavy atom. The molecule has 9 heteroatoms. The Kier molecular flexibility index (Phi) is 6.51. The van der Waals surface area contributed by atoms with Crippen LogP contribution in [-0.2, 0) is 18.3 Å². The van der Waals surface area contributed by atoms with E-state index in [1.807, 2.05) is 31.5 Å². The number of fused-ring (bicyclic) bond motifs is 1. The van der Waals surface area contributed by atoms with Gasteiger partial charge in [-0.15, -0.1) is 0 Å². The molecular formula is C30H36N6O3. The van der Waals surface area contributed by atoms with E-state index >= 15 is 0 Å². The van der Waals surface area contributed by atoms with Crippen LogP contribution in [0.4, 0.5) is 5.82 Å². The van der Waals surface area contributed by atoms with Crippen molar-refractivity contribution >= 4 is 16.7 Å². The monoisotopic (exact) mass is 528 g/mol. The van der Waals surface area contributed by atoms with Crippen molar-refractivity contribution in [3.8, 4) is 22.5 Å². The molecule has 1 atom stereocenters. The van der Waals surface area contributed by atoms with E-state index in [1.54, 1.807) is 36.3 Å². The topological polar surface area (TPSA) is 98.3 Å². The van der Waals surface area contributed by atoms with Gasteiger partial charge in [0.1, 0.15) is 5.82 Å². The highest BCUT2D eigenvalue weighted by Gasteiger charge is 2.36. The van der Waals surface area contributed by atoms with Crippen molar-refractivity contribution in [2.45, 2.75) is 58.2 Å². The van der Waals surface area contributed by atoms with Crippen LogP contribution in [0.2, 0.25) is 0 Å². The Bertz CT molecular complexity index is 1550. The molecule has 1 saturated carbocycles. The number of pyridine rings is 1. The van der Waals surface area contributed by atoms with E-state index in [4.69, 9.17) is 14.7 Å². The predicted octanol–water partition coefficient (Wildman–Crippen LogP) is 3.94. The highest BCUT2D eigenvalue weighted by atomic mass is 16.5. The maximum Gasteiger partial charge on any atom is 0.253 e. The third-order valence-electron chi connectivity index (χ3n) is 7.94. The molecule has 204 valence electrons. The summed E-state index contributed by atoms with van der Waals surface area (Å²) in [5, 5.41) is 15.7. The van der Waals surface area contributed by atoms with Gasteiger partial charge in [-0.3, -0.25) is 9.48 Å². The van der Waals surface area contributed by atoms with Crippen molar-refractivity contribution in [3.05, 3.63) is 58.8 Å². The molecule has 1 unspecified atom stereocenters. The van der Waals surface area contributed by atoms with E-state index in [0.717, 1.165) is 40.0 Å². The second-order valence-corrected chi connectivity index (χ2v) is 11.7. The number of aliphatic hydroxyl groups is 1. The molecule has 6 rings (SSSR count). The number of aryl methyl sites for hydroxylation is 2. The largest absolute Gasteiger partial charge is 0.389 e. The maximum atomic E-state index is 12.3. The average molecular weight is 529 g/mol. The SMILES string of the molecule is Cc1cc(-c2ccc3nc(-c4cnn(CC(C)(C)O)c4)nc(N4CCOCC4C4CCC4)c3c2)cn(C)c1=O. The zero-order chi connectivity index (χ0) is 27.3. The first-order chi connectivity index (χ1) is 18.7. The maximum absolute atomic E-state index is 12.3. The lowest BCUT2D eigenvalue weighted by molar-refractivity contribution is 0.0577. The molecule has 0 radical (unpaired) electrons. The normalized spacial score (nSPS) is 18.5. The first-order valence-corrected chi connectivity index (χ1v) is 13.8. The Labute approximate surface area is 228 Å². The molecule has 9 nitrogen and oxygen atoms in total. The van der Waals surface area contributed by atoms with Gasteiger partial charge in [0, 0.05) is 36.9 Å². The van der Waals surface area contributed by atoms with E-state index in [2.05, 4.69) is 22.1 Å². The number of rotatable bonds is 6. The second-order valence-electron chi connectivity index (χ2n) is 11.7. The number of hydrogen-bond acceptors (Lipinski definition) is 7. The van der Waals surface area contributed by atoms with Crippen molar-refractivity contribution in [2.24, 2.45) is 13.0 Å². The van der Waals surface area contributed by atoms with Gasteiger partial charge in [0.2, 0.25) is 0 Å². The molecular weight excluding hydrogens is 492 g/mol. The van der Waals surface area contributed by atoms with Crippen molar-refractivity contribution in [1.82, 2.24) is 24.3 Å². The Balaban J connectivity index is 1.50. The molecule has 1 aromatic carbocycles. The number of nitrogens with zero attached hydrogens (tertiary/aromatic N) is 6. The van der Waals surface area contributed by atoms with Crippen LogP contribution in [-0.4, -0.2) is 60.8 Å². The fourth-order valence-electron chi connectivity index (χ4n) is 5.74. The number of ether oxygens (including phenoxy) is 1. The van der Waals surface area contributed by atoms with Gasteiger partial charge in [0.05, 0.1) is 48.7 Å². The molecule has 2 aliphatic rings. The quantitative estimate of drug-likeness (QED) is 0.405. The molecule has 1 aliphatic heterocycles. The molecule has 0 bridgehead atoms. The van der Waals surface area contributed by atoms with Crippen LogP contribution in [0, 0.1) is 12.8 Å². The van der Waals surface area contributed by atoms with Crippen molar-refractivity contribution < 1.29 is 9.84 Å². The summed E-state index contributed by atoms with van der Waals surface area (Å²) in [6.07, 6.45) is 9.24. The van der Waals surface area contributed by atoms with Crippen LogP contribution < -0.4 is 10.5 Å². The summed E-state index contributed by atoms with van der Waals surface area (Å²) < 4.78 is 9.31. The number of aromatic nitrogens is 5. The first-order valence-electron chi connectivity index (χ1n) is 13.8. The van der Waals surface area contributed by atoms with Gasteiger partial charge in [-0.25, -0.2) is 9.97 Å². The third-order valence-corrected chi connectivity index (χ3v) is 7.94. The number of hydrogen-bond donors (Lipinski definition) is 1. The van der Waals surface area contributed by atoms with Crippen molar-refractivity contribution in [2.75, 3.05) is 24.7 Å². The van der Waals surface area contributed by atoms with Gasteiger partial charge in [-0.2, -0.15) is 5.10 Å². The summed E-state index contributed by atoms with van der Waals surface area (Å²) in [6, 6.07) is 8.47. The molecule has 4 aromatic rings. The lowest BCUT2D eigenvalue weighted by atomic mass is 9.79. The minimum atomic E-state index is -0.877. The molecule has 39 heavy (non-hydrogen) atoms. The van der Waals surface area contributed by atoms with Crippen LogP contribution in [0.1, 0.15) is 38.7 Å². The smallest absolute Gasteiger partial charge is 0.253 e. The summed E-state index contributed by atoms with van der Waals surface area (Å²) in [7, 11) is 1.79. The zero-order valence-electron chi connectivity index (χ0n) is 23.1.